The van der Waals surface area contributed by atoms with Crippen molar-refractivity contribution < 1.29 is 4.79 Å². The minimum Gasteiger partial charge on any atom is -0.351 e. The molecule has 0 spiro atoms. The first-order valence-electron chi connectivity index (χ1n) is 5.97. The van der Waals surface area contributed by atoms with E-state index in [4.69, 9.17) is 0 Å². The Balaban J connectivity index is 2.42. The predicted molar refractivity (Wildman–Crippen MR) is 68.4 cm³/mol. The molecule has 0 aliphatic rings. The Labute approximate surface area is 103 Å². The Hall–Kier alpha value is -1.42. The van der Waals surface area contributed by atoms with Crippen LogP contribution in [0.1, 0.15) is 25.8 Å². The van der Waals surface area contributed by atoms with Gasteiger partial charge in [-0.3, -0.25) is 9.78 Å². The Morgan fingerprint density at radius 2 is 2.24 bits per heavy atom. The number of rotatable bonds is 6. The van der Waals surface area contributed by atoms with Gasteiger partial charge in [0.1, 0.15) is 0 Å². The van der Waals surface area contributed by atoms with Gasteiger partial charge in [0.05, 0.1) is 6.04 Å². The highest BCUT2D eigenvalue weighted by atomic mass is 16.2. The van der Waals surface area contributed by atoms with Gasteiger partial charge in [0.25, 0.3) is 0 Å². The summed E-state index contributed by atoms with van der Waals surface area (Å²) in [6.07, 6.45) is 4.33. The third kappa shape index (κ3) is 4.95. The SMILES string of the molecule is CNC(CC(C)C)C(=O)NCc1cccnc1. The van der Waals surface area contributed by atoms with Crippen molar-refractivity contribution in [2.75, 3.05) is 7.05 Å². The molecule has 2 N–H and O–H groups in total. The van der Waals surface area contributed by atoms with Gasteiger partial charge in [-0.05, 0) is 31.0 Å². The average molecular weight is 235 g/mol. The molecule has 1 heterocycles. The molecule has 1 rings (SSSR count). The van der Waals surface area contributed by atoms with Gasteiger partial charge in [-0.1, -0.05) is 19.9 Å². The summed E-state index contributed by atoms with van der Waals surface area (Å²) in [6.45, 7) is 4.75. The second kappa shape index (κ2) is 7.01. The van der Waals surface area contributed by atoms with E-state index < -0.39 is 0 Å². The number of nitrogens with zero attached hydrogens (tertiary/aromatic N) is 1. The van der Waals surface area contributed by atoms with Gasteiger partial charge in [-0.2, -0.15) is 0 Å². The van der Waals surface area contributed by atoms with Crippen LogP contribution in [0.15, 0.2) is 24.5 Å². The normalized spacial score (nSPS) is 12.5. The van der Waals surface area contributed by atoms with E-state index in [2.05, 4.69) is 29.5 Å². The summed E-state index contributed by atoms with van der Waals surface area (Å²) in [5.41, 5.74) is 1.01. The van der Waals surface area contributed by atoms with Gasteiger partial charge in [-0.25, -0.2) is 0 Å². The van der Waals surface area contributed by atoms with Crippen LogP contribution in [0.25, 0.3) is 0 Å². The standard InChI is InChI=1S/C13H21N3O/c1-10(2)7-12(14-3)13(17)16-9-11-5-4-6-15-8-11/h4-6,8,10,12,14H,7,9H2,1-3H3,(H,16,17). The fourth-order valence-corrected chi connectivity index (χ4v) is 1.64. The van der Waals surface area contributed by atoms with Gasteiger partial charge >= 0.3 is 0 Å². The van der Waals surface area contributed by atoms with Gasteiger partial charge in [-0.15, -0.1) is 0 Å². The highest BCUT2D eigenvalue weighted by Crippen LogP contribution is 2.04. The summed E-state index contributed by atoms with van der Waals surface area (Å²) in [5, 5.41) is 5.96. The van der Waals surface area contributed by atoms with Gasteiger partial charge in [0.15, 0.2) is 0 Å². The molecule has 1 amide bonds. The highest BCUT2D eigenvalue weighted by molar-refractivity contribution is 5.81. The molecule has 4 nitrogen and oxygen atoms in total. The van der Waals surface area contributed by atoms with Crippen molar-refractivity contribution >= 4 is 5.91 Å². The van der Waals surface area contributed by atoms with Crippen LogP contribution >= 0.6 is 0 Å². The predicted octanol–water partition coefficient (Wildman–Crippen LogP) is 1.33. The average Bonchev–Trinajstić information content (AvgIpc) is 2.34. The molecule has 4 heteroatoms. The van der Waals surface area contributed by atoms with E-state index in [1.165, 1.54) is 0 Å². The van der Waals surface area contributed by atoms with Gasteiger partial charge in [0.2, 0.25) is 5.91 Å². The monoisotopic (exact) mass is 235 g/mol. The zero-order valence-electron chi connectivity index (χ0n) is 10.7. The molecule has 0 saturated carbocycles. The van der Waals surface area contributed by atoms with Crippen molar-refractivity contribution in [3.63, 3.8) is 0 Å². The molecule has 17 heavy (non-hydrogen) atoms. The molecule has 0 fully saturated rings. The summed E-state index contributed by atoms with van der Waals surface area (Å²) in [7, 11) is 1.82. The van der Waals surface area contributed by atoms with Crippen LogP contribution in [0.5, 0.6) is 0 Å². The van der Waals surface area contributed by atoms with E-state index in [0.717, 1.165) is 12.0 Å². The minimum atomic E-state index is -0.119. The minimum absolute atomic E-state index is 0.0463. The lowest BCUT2D eigenvalue weighted by atomic mass is 10.0. The van der Waals surface area contributed by atoms with Crippen LogP contribution in [0.3, 0.4) is 0 Å². The summed E-state index contributed by atoms with van der Waals surface area (Å²) >= 11 is 0. The Kier molecular flexibility index (Phi) is 5.63. The quantitative estimate of drug-likeness (QED) is 0.782. The fourth-order valence-electron chi connectivity index (χ4n) is 1.64. The van der Waals surface area contributed by atoms with E-state index in [0.29, 0.717) is 12.5 Å². The van der Waals surface area contributed by atoms with Crippen molar-refractivity contribution in [3.05, 3.63) is 30.1 Å². The van der Waals surface area contributed by atoms with E-state index >= 15 is 0 Å². The molecule has 0 radical (unpaired) electrons. The molecule has 0 bridgehead atoms. The Bertz CT molecular complexity index is 338. The molecule has 1 atom stereocenters. The Morgan fingerprint density at radius 1 is 1.47 bits per heavy atom. The molecule has 94 valence electrons. The lowest BCUT2D eigenvalue weighted by Crippen LogP contribution is -2.43. The van der Waals surface area contributed by atoms with Gasteiger partial charge in [0, 0.05) is 18.9 Å². The maximum Gasteiger partial charge on any atom is 0.237 e. The topological polar surface area (TPSA) is 54.0 Å². The molecule has 1 unspecified atom stereocenters. The van der Waals surface area contributed by atoms with E-state index in [-0.39, 0.29) is 11.9 Å². The first kappa shape index (κ1) is 13.6. The Morgan fingerprint density at radius 3 is 2.76 bits per heavy atom. The van der Waals surface area contributed by atoms with Crippen molar-refractivity contribution in [1.29, 1.82) is 0 Å². The number of pyridine rings is 1. The molecule has 1 aromatic rings. The number of likely N-dealkylation sites (N-methyl/N-ethyl adjacent to an activating group) is 1. The first-order valence-corrected chi connectivity index (χ1v) is 5.97. The van der Waals surface area contributed by atoms with E-state index in [1.807, 2.05) is 19.2 Å². The lowest BCUT2D eigenvalue weighted by Gasteiger charge is -2.17. The van der Waals surface area contributed by atoms with E-state index in [1.54, 1.807) is 12.4 Å². The molecular formula is C13H21N3O. The second-order valence-corrected chi connectivity index (χ2v) is 4.55. The number of aromatic nitrogens is 1. The second-order valence-electron chi connectivity index (χ2n) is 4.55. The summed E-state index contributed by atoms with van der Waals surface area (Å²) < 4.78 is 0. The maximum atomic E-state index is 11.9. The molecule has 0 saturated heterocycles. The number of amides is 1. The van der Waals surface area contributed by atoms with Crippen LogP contribution in [-0.2, 0) is 11.3 Å². The molecular weight excluding hydrogens is 214 g/mol. The van der Waals surface area contributed by atoms with E-state index in [9.17, 15) is 4.79 Å². The van der Waals surface area contributed by atoms with Crippen LogP contribution in [-0.4, -0.2) is 24.0 Å². The van der Waals surface area contributed by atoms with Crippen LogP contribution in [0.2, 0.25) is 0 Å². The third-order valence-electron chi connectivity index (χ3n) is 2.56. The summed E-state index contributed by atoms with van der Waals surface area (Å²) in [6, 6.07) is 3.70. The maximum absolute atomic E-state index is 11.9. The summed E-state index contributed by atoms with van der Waals surface area (Å²) in [5.74, 6) is 0.543. The number of hydrogen-bond acceptors (Lipinski definition) is 3. The number of nitrogens with one attached hydrogen (secondary N) is 2. The fraction of sp³-hybridized carbons (Fsp3) is 0.538. The largest absolute Gasteiger partial charge is 0.351 e. The molecule has 0 aromatic carbocycles. The molecule has 0 aliphatic carbocycles. The highest BCUT2D eigenvalue weighted by Gasteiger charge is 2.16. The number of carbonyl (C=O) groups is 1. The molecule has 0 aliphatic heterocycles. The van der Waals surface area contributed by atoms with Crippen molar-refractivity contribution in [3.8, 4) is 0 Å². The third-order valence-corrected chi connectivity index (χ3v) is 2.56. The lowest BCUT2D eigenvalue weighted by molar-refractivity contribution is -0.123. The zero-order valence-corrected chi connectivity index (χ0v) is 10.7. The number of carbonyl (C=O) groups excluding carboxylic acids is 1. The smallest absolute Gasteiger partial charge is 0.237 e. The van der Waals surface area contributed by atoms with Crippen molar-refractivity contribution in [1.82, 2.24) is 15.6 Å². The van der Waals surface area contributed by atoms with Crippen LogP contribution < -0.4 is 10.6 Å². The zero-order chi connectivity index (χ0) is 12.7. The molecule has 1 aromatic heterocycles. The summed E-state index contributed by atoms with van der Waals surface area (Å²) in [4.78, 5) is 15.9. The number of hydrogen-bond donors (Lipinski definition) is 2. The van der Waals surface area contributed by atoms with Gasteiger partial charge < -0.3 is 10.6 Å². The first-order chi connectivity index (χ1) is 8.13. The van der Waals surface area contributed by atoms with Crippen molar-refractivity contribution in [2.24, 2.45) is 5.92 Å². The van der Waals surface area contributed by atoms with Crippen LogP contribution in [0.4, 0.5) is 0 Å². The van der Waals surface area contributed by atoms with Crippen LogP contribution in [0, 0.1) is 5.92 Å². The van der Waals surface area contributed by atoms with Crippen molar-refractivity contribution in [2.45, 2.75) is 32.9 Å².